The number of nitrogens with zero attached hydrogens (tertiary/aromatic N) is 2. The lowest BCUT2D eigenvalue weighted by Gasteiger charge is -2.19. The van der Waals surface area contributed by atoms with Crippen LogP contribution < -0.4 is 5.32 Å². The Morgan fingerprint density at radius 2 is 2.26 bits per heavy atom. The van der Waals surface area contributed by atoms with Crippen LogP contribution in [0.2, 0.25) is 0 Å². The summed E-state index contributed by atoms with van der Waals surface area (Å²) < 4.78 is 7.80. The molecule has 1 aromatic heterocycles. The largest absolute Gasteiger partial charge is 0.377 e. The van der Waals surface area contributed by atoms with E-state index in [1.165, 1.54) is 12.8 Å². The molecule has 108 valence electrons. The van der Waals surface area contributed by atoms with E-state index in [0.29, 0.717) is 18.2 Å². The van der Waals surface area contributed by atoms with Gasteiger partial charge in [-0.15, -0.1) is 0 Å². The van der Waals surface area contributed by atoms with Crippen molar-refractivity contribution in [3.05, 3.63) is 18.0 Å². The van der Waals surface area contributed by atoms with Crippen LogP contribution >= 0.6 is 0 Å². The molecule has 2 heterocycles. The topological polar surface area (TPSA) is 39.1 Å². The average molecular weight is 265 g/mol. The van der Waals surface area contributed by atoms with Crippen LogP contribution in [0, 0.1) is 0 Å². The van der Waals surface area contributed by atoms with Gasteiger partial charge in [0.05, 0.1) is 17.8 Å². The van der Waals surface area contributed by atoms with Gasteiger partial charge < -0.3 is 10.1 Å². The summed E-state index contributed by atoms with van der Waals surface area (Å²) in [7, 11) is 0. The van der Waals surface area contributed by atoms with Crippen LogP contribution in [0.1, 0.15) is 58.2 Å². The van der Waals surface area contributed by atoms with E-state index in [1.807, 2.05) is 0 Å². The first-order valence-corrected chi connectivity index (χ1v) is 7.63. The van der Waals surface area contributed by atoms with E-state index in [-0.39, 0.29) is 0 Å². The molecule has 0 aromatic carbocycles. The molecule has 2 unspecified atom stereocenters. The Morgan fingerprint density at radius 1 is 1.47 bits per heavy atom. The molecule has 4 heteroatoms. The third kappa shape index (κ3) is 3.80. The predicted molar refractivity (Wildman–Crippen MR) is 77.1 cm³/mol. The summed E-state index contributed by atoms with van der Waals surface area (Å²) in [5.74, 6) is 0. The third-order valence-corrected chi connectivity index (χ3v) is 4.11. The van der Waals surface area contributed by atoms with E-state index in [9.17, 15) is 0 Å². The number of aromatic nitrogens is 2. The van der Waals surface area contributed by atoms with Gasteiger partial charge in [0, 0.05) is 25.4 Å². The highest BCUT2D eigenvalue weighted by Gasteiger charge is 2.21. The first-order chi connectivity index (χ1) is 9.24. The number of ether oxygens (including phenoxy) is 1. The quantitative estimate of drug-likeness (QED) is 0.824. The number of rotatable bonds is 7. The molecule has 4 nitrogen and oxygen atoms in total. The second-order valence-electron chi connectivity index (χ2n) is 5.48. The Balaban J connectivity index is 1.82. The van der Waals surface area contributed by atoms with Gasteiger partial charge in [0.1, 0.15) is 0 Å². The van der Waals surface area contributed by atoms with Crippen LogP contribution in [-0.4, -0.2) is 28.5 Å². The van der Waals surface area contributed by atoms with Crippen molar-refractivity contribution in [3.63, 3.8) is 0 Å². The highest BCUT2D eigenvalue weighted by molar-refractivity contribution is 5.00. The van der Waals surface area contributed by atoms with Crippen molar-refractivity contribution < 1.29 is 4.74 Å². The van der Waals surface area contributed by atoms with E-state index in [4.69, 9.17) is 4.74 Å². The molecule has 1 saturated heterocycles. The van der Waals surface area contributed by atoms with Gasteiger partial charge in [0.15, 0.2) is 0 Å². The Bertz CT molecular complexity index is 367. The Kier molecular flexibility index (Phi) is 5.40. The van der Waals surface area contributed by atoms with Gasteiger partial charge in [0.25, 0.3) is 0 Å². The first-order valence-electron chi connectivity index (χ1n) is 7.63. The summed E-state index contributed by atoms with van der Waals surface area (Å²) in [4.78, 5) is 0. The highest BCUT2D eigenvalue weighted by atomic mass is 16.5. The third-order valence-electron chi connectivity index (χ3n) is 4.11. The summed E-state index contributed by atoms with van der Waals surface area (Å²) in [6.45, 7) is 8.38. The summed E-state index contributed by atoms with van der Waals surface area (Å²) in [6.07, 6.45) is 7.12. The summed E-state index contributed by atoms with van der Waals surface area (Å²) in [5, 5.41) is 8.19. The van der Waals surface area contributed by atoms with Crippen LogP contribution in [0.15, 0.2) is 12.3 Å². The number of nitrogens with one attached hydrogen (secondary N) is 1. The second kappa shape index (κ2) is 7.06. The van der Waals surface area contributed by atoms with Crippen molar-refractivity contribution in [3.8, 4) is 0 Å². The predicted octanol–water partition coefficient (Wildman–Crippen LogP) is 2.90. The highest BCUT2D eigenvalue weighted by Crippen LogP contribution is 2.16. The molecular weight excluding hydrogens is 238 g/mol. The minimum absolute atomic E-state index is 0.376. The van der Waals surface area contributed by atoms with Crippen molar-refractivity contribution >= 4 is 0 Å². The molecule has 1 N–H and O–H groups in total. The molecule has 1 aliphatic rings. The number of hydrogen-bond donors (Lipinski definition) is 1. The lowest BCUT2D eigenvalue weighted by Crippen LogP contribution is -2.36. The van der Waals surface area contributed by atoms with Gasteiger partial charge in [-0.1, -0.05) is 13.8 Å². The van der Waals surface area contributed by atoms with E-state index in [2.05, 4.69) is 48.1 Å². The zero-order chi connectivity index (χ0) is 13.7. The minimum atomic E-state index is 0.376. The SMILES string of the molecule is CCC(CC)n1ccc(CNC(C)C2CCCO2)n1. The van der Waals surface area contributed by atoms with Crippen molar-refractivity contribution in [2.24, 2.45) is 0 Å². The van der Waals surface area contributed by atoms with Gasteiger partial charge in [-0.2, -0.15) is 5.10 Å². The summed E-state index contributed by atoms with van der Waals surface area (Å²) >= 11 is 0. The zero-order valence-corrected chi connectivity index (χ0v) is 12.4. The Morgan fingerprint density at radius 3 is 2.89 bits per heavy atom. The molecule has 1 aliphatic heterocycles. The molecule has 1 fully saturated rings. The molecule has 19 heavy (non-hydrogen) atoms. The average Bonchev–Trinajstić information content (AvgIpc) is 3.09. The molecule has 0 bridgehead atoms. The maximum absolute atomic E-state index is 5.69. The maximum atomic E-state index is 5.69. The number of hydrogen-bond acceptors (Lipinski definition) is 3. The van der Waals surface area contributed by atoms with Gasteiger partial charge in [-0.25, -0.2) is 0 Å². The summed E-state index contributed by atoms with van der Waals surface area (Å²) in [5.41, 5.74) is 1.12. The van der Waals surface area contributed by atoms with Crippen molar-refractivity contribution in [2.45, 2.75) is 71.2 Å². The maximum Gasteiger partial charge on any atom is 0.0762 e. The standard InChI is InChI=1S/C15H27N3O/c1-4-14(5-2)18-9-8-13(17-18)11-16-12(3)15-7-6-10-19-15/h8-9,12,14-16H,4-7,10-11H2,1-3H3. The fraction of sp³-hybridized carbons (Fsp3) is 0.800. The molecule has 0 amide bonds. The molecule has 2 atom stereocenters. The minimum Gasteiger partial charge on any atom is -0.377 e. The smallest absolute Gasteiger partial charge is 0.0762 e. The van der Waals surface area contributed by atoms with E-state index in [1.54, 1.807) is 0 Å². The van der Waals surface area contributed by atoms with Gasteiger partial charge in [-0.05, 0) is 38.7 Å². The normalized spacial score (nSPS) is 21.2. The lowest BCUT2D eigenvalue weighted by atomic mass is 10.1. The molecule has 0 radical (unpaired) electrons. The van der Waals surface area contributed by atoms with Crippen LogP contribution in [0.25, 0.3) is 0 Å². The summed E-state index contributed by atoms with van der Waals surface area (Å²) in [6, 6.07) is 3.05. The Labute approximate surface area is 116 Å². The molecular formula is C15H27N3O. The van der Waals surface area contributed by atoms with E-state index in [0.717, 1.165) is 31.7 Å². The van der Waals surface area contributed by atoms with Crippen molar-refractivity contribution in [1.82, 2.24) is 15.1 Å². The lowest BCUT2D eigenvalue weighted by molar-refractivity contribution is 0.0830. The van der Waals surface area contributed by atoms with E-state index >= 15 is 0 Å². The second-order valence-corrected chi connectivity index (χ2v) is 5.48. The van der Waals surface area contributed by atoms with Gasteiger partial charge >= 0.3 is 0 Å². The van der Waals surface area contributed by atoms with Crippen molar-refractivity contribution in [1.29, 1.82) is 0 Å². The van der Waals surface area contributed by atoms with Gasteiger partial charge in [-0.3, -0.25) is 4.68 Å². The van der Waals surface area contributed by atoms with E-state index < -0.39 is 0 Å². The molecule has 0 saturated carbocycles. The van der Waals surface area contributed by atoms with Crippen LogP contribution in [-0.2, 0) is 11.3 Å². The van der Waals surface area contributed by atoms with Gasteiger partial charge in [0.2, 0.25) is 0 Å². The zero-order valence-electron chi connectivity index (χ0n) is 12.4. The molecule has 0 spiro atoms. The Hall–Kier alpha value is -0.870. The van der Waals surface area contributed by atoms with Crippen LogP contribution in [0.4, 0.5) is 0 Å². The fourth-order valence-corrected chi connectivity index (χ4v) is 2.73. The molecule has 2 rings (SSSR count). The molecule has 1 aromatic rings. The molecule has 0 aliphatic carbocycles. The fourth-order valence-electron chi connectivity index (χ4n) is 2.73. The van der Waals surface area contributed by atoms with Crippen molar-refractivity contribution in [2.75, 3.05) is 6.61 Å². The first kappa shape index (κ1) is 14.5. The van der Waals surface area contributed by atoms with Crippen LogP contribution in [0.3, 0.4) is 0 Å². The van der Waals surface area contributed by atoms with Crippen LogP contribution in [0.5, 0.6) is 0 Å². The monoisotopic (exact) mass is 265 g/mol.